The maximum Gasteiger partial charge on any atom is 0.123 e. The molecule has 0 saturated carbocycles. The summed E-state index contributed by atoms with van der Waals surface area (Å²) in [6.45, 7) is 0.900. The SMILES string of the molecule is CN1CC=CN1c1ccc(F)cc1. The Hall–Kier alpha value is -1.35. The molecule has 0 unspecified atom stereocenters. The molecule has 1 aromatic rings. The standard InChI is InChI=1S/C10H11FN2/c1-12-7-2-8-13(12)10-5-3-9(11)4-6-10/h2-6,8H,7H2,1H3. The summed E-state index contributed by atoms with van der Waals surface area (Å²) >= 11 is 0. The van der Waals surface area contributed by atoms with Crippen molar-refractivity contribution in [2.45, 2.75) is 0 Å². The maximum atomic E-state index is 12.6. The lowest BCUT2D eigenvalue weighted by atomic mass is 10.3. The van der Waals surface area contributed by atoms with Crippen molar-refractivity contribution < 1.29 is 4.39 Å². The van der Waals surface area contributed by atoms with Gasteiger partial charge >= 0.3 is 0 Å². The summed E-state index contributed by atoms with van der Waals surface area (Å²) in [5, 5.41) is 4.03. The minimum absolute atomic E-state index is 0.199. The molecule has 0 radical (unpaired) electrons. The van der Waals surface area contributed by atoms with Crippen LogP contribution in [0.5, 0.6) is 0 Å². The fourth-order valence-electron chi connectivity index (χ4n) is 1.38. The molecule has 0 aliphatic carbocycles. The Morgan fingerprint density at radius 3 is 2.46 bits per heavy atom. The van der Waals surface area contributed by atoms with Gasteiger partial charge in [-0.1, -0.05) is 6.08 Å². The predicted octanol–water partition coefficient (Wildman–Crippen LogP) is 2.01. The van der Waals surface area contributed by atoms with Crippen LogP contribution in [-0.2, 0) is 0 Å². The van der Waals surface area contributed by atoms with Gasteiger partial charge in [0.1, 0.15) is 5.82 Å². The van der Waals surface area contributed by atoms with E-state index in [4.69, 9.17) is 0 Å². The largest absolute Gasteiger partial charge is 0.282 e. The zero-order chi connectivity index (χ0) is 9.26. The molecule has 0 fully saturated rings. The van der Waals surface area contributed by atoms with Crippen molar-refractivity contribution in [3.05, 3.63) is 42.4 Å². The number of rotatable bonds is 1. The van der Waals surface area contributed by atoms with Gasteiger partial charge in [-0.05, 0) is 24.3 Å². The summed E-state index contributed by atoms with van der Waals surface area (Å²) in [5.74, 6) is -0.199. The minimum atomic E-state index is -0.199. The third-order valence-corrected chi connectivity index (χ3v) is 2.08. The highest BCUT2D eigenvalue weighted by Crippen LogP contribution is 2.19. The molecule has 1 aliphatic heterocycles. The Kier molecular flexibility index (Phi) is 2.02. The molecule has 0 N–H and O–H groups in total. The molecule has 0 aromatic heterocycles. The Morgan fingerprint density at radius 2 is 1.92 bits per heavy atom. The van der Waals surface area contributed by atoms with Crippen LogP contribution in [-0.4, -0.2) is 18.6 Å². The third kappa shape index (κ3) is 1.55. The fraction of sp³-hybridized carbons (Fsp3) is 0.200. The first kappa shape index (κ1) is 8.26. The van der Waals surface area contributed by atoms with Crippen LogP contribution in [0.15, 0.2) is 36.5 Å². The predicted molar refractivity (Wildman–Crippen MR) is 50.6 cm³/mol. The van der Waals surface area contributed by atoms with Crippen molar-refractivity contribution in [2.24, 2.45) is 0 Å². The topological polar surface area (TPSA) is 6.48 Å². The van der Waals surface area contributed by atoms with Gasteiger partial charge < -0.3 is 0 Å². The number of hydrogen-bond donors (Lipinski definition) is 0. The van der Waals surface area contributed by atoms with Gasteiger partial charge in [0.2, 0.25) is 0 Å². The van der Waals surface area contributed by atoms with Crippen LogP contribution < -0.4 is 5.01 Å². The van der Waals surface area contributed by atoms with E-state index in [1.165, 1.54) is 12.1 Å². The van der Waals surface area contributed by atoms with E-state index in [1.807, 2.05) is 23.3 Å². The molecule has 68 valence electrons. The lowest BCUT2D eigenvalue weighted by Crippen LogP contribution is -2.30. The molecule has 1 aromatic carbocycles. The first-order chi connectivity index (χ1) is 6.27. The van der Waals surface area contributed by atoms with E-state index in [-0.39, 0.29) is 5.82 Å². The zero-order valence-corrected chi connectivity index (χ0v) is 7.44. The third-order valence-electron chi connectivity index (χ3n) is 2.08. The average molecular weight is 178 g/mol. The molecule has 1 heterocycles. The summed E-state index contributed by atoms with van der Waals surface area (Å²) in [6, 6.07) is 6.47. The van der Waals surface area contributed by atoms with Crippen LogP contribution in [0.2, 0.25) is 0 Å². The lowest BCUT2D eigenvalue weighted by Gasteiger charge is -2.24. The molecule has 0 bridgehead atoms. The lowest BCUT2D eigenvalue weighted by molar-refractivity contribution is 0.396. The van der Waals surface area contributed by atoms with Crippen molar-refractivity contribution in [1.29, 1.82) is 0 Å². The highest BCUT2D eigenvalue weighted by atomic mass is 19.1. The van der Waals surface area contributed by atoms with Gasteiger partial charge in [-0.15, -0.1) is 0 Å². The average Bonchev–Trinajstić information content (AvgIpc) is 2.53. The molecule has 0 spiro atoms. The smallest absolute Gasteiger partial charge is 0.123 e. The van der Waals surface area contributed by atoms with Gasteiger partial charge in [0.15, 0.2) is 0 Å². The molecule has 2 rings (SSSR count). The molecule has 0 saturated heterocycles. The number of benzene rings is 1. The summed E-state index contributed by atoms with van der Waals surface area (Å²) < 4.78 is 12.6. The van der Waals surface area contributed by atoms with Crippen molar-refractivity contribution in [2.75, 3.05) is 18.6 Å². The minimum Gasteiger partial charge on any atom is -0.282 e. The van der Waals surface area contributed by atoms with Crippen LogP contribution >= 0.6 is 0 Å². The Bertz CT molecular complexity index is 318. The van der Waals surface area contributed by atoms with E-state index in [0.29, 0.717) is 0 Å². The molecule has 13 heavy (non-hydrogen) atoms. The first-order valence-electron chi connectivity index (χ1n) is 4.20. The van der Waals surface area contributed by atoms with E-state index >= 15 is 0 Å². The number of hydrazine groups is 1. The second kappa shape index (κ2) is 3.18. The Morgan fingerprint density at radius 1 is 1.23 bits per heavy atom. The molecule has 2 nitrogen and oxygen atoms in total. The highest BCUT2D eigenvalue weighted by Gasteiger charge is 2.12. The monoisotopic (exact) mass is 178 g/mol. The first-order valence-corrected chi connectivity index (χ1v) is 4.20. The van der Waals surface area contributed by atoms with Crippen molar-refractivity contribution in [1.82, 2.24) is 5.01 Å². The van der Waals surface area contributed by atoms with Crippen LogP contribution in [0.3, 0.4) is 0 Å². The van der Waals surface area contributed by atoms with Crippen molar-refractivity contribution in [3.8, 4) is 0 Å². The number of halogens is 1. The Labute approximate surface area is 76.9 Å². The molecule has 0 atom stereocenters. The molecular weight excluding hydrogens is 167 g/mol. The van der Waals surface area contributed by atoms with Crippen molar-refractivity contribution in [3.63, 3.8) is 0 Å². The van der Waals surface area contributed by atoms with Gasteiger partial charge in [0.25, 0.3) is 0 Å². The molecule has 0 amide bonds. The fourth-order valence-corrected chi connectivity index (χ4v) is 1.38. The zero-order valence-electron chi connectivity index (χ0n) is 7.44. The molecule has 1 aliphatic rings. The van der Waals surface area contributed by atoms with E-state index in [0.717, 1.165) is 12.2 Å². The van der Waals surface area contributed by atoms with Gasteiger partial charge in [0.05, 0.1) is 5.69 Å². The summed E-state index contributed by atoms with van der Waals surface area (Å²) in [6.07, 6.45) is 4.04. The number of nitrogens with zero attached hydrogens (tertiary/aromatic N) is 2. The Balaban J connectivity index is 2.25. The van der Waals surface area contributed by atoms with Crippen LogP contribution in [0.25, 0.3) is 0 Å². The van der Waals surface area contributed by atoms with Gasteiger partial charge in [-0.25, -0.2) is 9.40 Å². The number of hydrogen-bond acceptors (Lipinski definition) is 2. The summed E-state index contributed by atoms with van der Waals surface area (Å²) in [5.41, 5.74) is 0.984. The maximum absolute atomic E-state index is 12.6. The normalized spacial score (nSPS) is 16.9. The van der Waals surface area contributed by atoms with E-state index in [1.54, 1.807) is 12.1 Å². The van der Waals surface area contributed by atoms with Crippen LogP contribution in [0.4, 0.5) is 10.1 Å². The highest BCUT2D eigenvalue weighted by molar-refractivity contribution is 5.48. The second-order valence-corrected chi connectivity index (χ2v) is 3.05. The van der Waals surface area contributed by atoms with Crippen LogP contribution in [0.1, 0.15) is 0 Å². The summed E-state index contributed by atoms with van der Waals surface area (Å²) in [4.78, 5) is 0. The summed E-state index contributed by atoms with van der Waals surface area (Å²) in [7, 11) is 1.99. The molecular formula is C10H11FN2. The second-order valence-electron chi connectivity index (χ2n) is 3.05. The van der Waals surface area contributed by atoms with Gasteiger partial charge in [-0.3, -0.25) is 5.01 Å². The van der Waals surface area contributed by atoms with Crippen LogP contribution in [0, 0.1) is 5.82 Å². The van der Waals surface area contributed by atoms with E-state index in [2.05, 4.69) is 6.08 Å². The quantitative estimate of drug-likeness (QED) is 0.649. The number of anilines is 1. The van der Waals surface area contributed by atoms with Gasteiger partial charge in [-0.2, -0.15) is 0 Å². The van der Waals surface area contributed by atoms with Gasteiger partial charge in [0, 0.05) is 19.8 Å². The number of likely N-dealkylation sites (N-methyl/N-ethyl adjacent to an activating group) is 1. The van der Waals surface area contributed by atoms with E-state index < -0.39 is 0 Å². The molecule has 3 heteroatoms. The van der Waals surface area contributed by atoms with Crippen molar-refractivity contribution >= 4 is 5.69 Å². The van der Waals surface area contributed by atoms with E-state index in [9.17, 15) is 4.39 Å².